The fourth-order valence-electron chi connectivity index (χ4n) is 2.97. The minimum atomic E-state index is -1.17. The molecule has 3 N–H and O–H groups in total. The van der Waals surface area contributed by atoms with E-state index >= 15 is 0 Å². The van der Waals surface area contributed by atoms with E-state index in [0.717, 1.165) is 15.7 Å². The highest BCUT2D eigenvalue weighted by molar-refractivity contribution is 8.01. The molecule has 29 heavy (non-hydrogen) atoms. The number of amides is 2. The summed E-state index contributed by atoms with van der Waals surface area (Å²) in [6.45, 7) is 0. The molecule has 2 atom stereocenters. The second-order valence-electron chi connectivity index (χ2n) is 6.06. The van der Waals surface area contributed by atoms with Gasteiger partial charge in [-0.1, -0.05) is 34.4 Å². The van der Waals surface area contributed by atoms with Gasteiger partial charge in [0.25, 0.3) is 5.91 Å². The highest BCUT2D eigenvalue weighted by Gasteiger charge is 2.54. The first-order chi connectivity index (χ1) is 13.9. The lowest BCUT2D eigenvalue weighted by Gasteiger charge is -2.49. The summed E-state index contributed by atoms with van der Waals surface area (Å²) in [7, 11) is 0. The topological polar surface area (TPSA) is 145 Å². The number of carboxylic acid groups (broad SMARTS) is 1. The van der Waals surface area contributed by atoms with Crippen LogP contribution >= 0.6 is 46.2 Å². The third-order valence-corrected chi connectivity index (χ3v) is 8.20. The number of carbonyl (C=O) groups is 3. The third kappa shape index (κ3) is 4.10. The van der Waals surface area contributed by atoms with Gasteiger partial charge in [-0.25, -0.2) is 4.79 Å². The Bertz CT molecular complexity index is 1050. The van der Waals surface area contributed by atoms with Crippen LogP contribution in [0.5, 0.6) is 0 Å². The molecule has 1 fully saturated rings. The number of rotatable bonds is 7. The van der Waals surface area contributed by atoms with Crippen molar-refractivity contribution < 1.29 is 19.5 Å². The monoisotopic (exact) mass is 471 g/mol. The SMILES string of the molecule is O=C(Cc1csc(=O)[nH]1)NC1C(=O)N2C(C(=O)O)=C(CSc3nncs3)CS[C@H]12. The smallest absolute Gasteiger partial charge is 0.352 e. The predicted octanol–water partition coefficient (Wildman–Crippen LogP) is 0.361. The van der Waals surface area contributed by atoms with Crippen molar-refractivity contribution in [2.24, 2.45) is 0 Å². The van der Waals surface area contributed by atoms with Crippen LogP contribution in [0.25, 0.3) is 0 Å². The molecule has 2 aromatic heterocycles. The lowest BCUT2D eigenvalue weighted by Crippen LogP contribution is -2.70. The fourth-order valence-corrected chi connectivity index (χ4v) is 6.52. The number of carboxylic acids is 1. The van der Waals surface area contributed by atoms with Crippen LogP contribution in [0.1, 0.15) is 5.69 Å². The Morgan fingerprint density at radius 1 is 1.38 bits per heavy atom. The summed E-state index contributed by atoms with van der Waals surface area (Å²) in [5.74, 6) is -1.20. The zero-order valence-corrected chi connectivity index (χ0v) is 17.8. The number of H-pyrrole nitrogens is 1. The van der Waals surface area contributed by atoms with E-state index in [9.17, 15) is 24.3 Å². The molecule has 2 aliphatic heterocycles. The number of thiazole rings is 1. The molecule has 14 heteroatoms. The van der Waals surface area contributed by atoms with Crippen LogP contribution in [0, 0.1) is 0 Å². The van der Waals surface area contributed by atoms with E-state index in [1.807, 2.05) is 0 Å². The van der Waals surface area contributed by atoms with Crippen LogP contribution in [0.4, 0.5) is 0 Å². The number of aliphatic carboxylic acids is 1. The molecular weight excluding hydrogens is 458 g/mol. The number of aromatic amines is 1. The average molecular weight is 472 g/mol. The molecule has 2 aliphatic rings. The number of hydrogen-bond donors (Lipinski definition) is 3. The van der Waals surface area contributed by atoms with E-state index in [4.69, 9.17) is 0 Å². The number of hydrogen-bond acceptors (Lipinski definition) is 10. The normalized spacial score (nSPS) is 21.0. The molecule has 0 aromatic carbocycles. The van der Waals surface area contributed by atoms with E-state index in [0.29, 0.717) is 22.8 Å². The molecule has 4 heterocycles. The Morgan fingerprint density at radius 2 is 2.21 bits per heavy atom. The largest absolute Gasteiger partial charge is 0.477 e. The van der Waals surface area contributed by atoms with Gasteiger partial charge in [-0.15, -0.1) is 22.0 Å². The Hall–Kier alpha value is -2.16. The maximum absolute atomic E-state index is 12.6. The van der Waals surface area contributed by atoms with E-state index in [-0.39, 0.29) is 17.0 Å². The third-order valence-electron chi connectivity index (χ3n) is 4.20. The van der Waals surface area contributed by atoms with Crippen molar-refractivity contribution in [3.8, 4) is 0 Å². The average Bonchev–Trinajstić information content (AvgIpc) is 3.35. The number of carbonyl (C=O) groups excluding carboxylic acids is 2. The van der Waals surface area contributed by atoms with E-state index in [1.165, 1.54) is 39.8 Å². The second kappa shape index (κ2) is 8.30. The Morgan fingerprint density at radius 3 is 2.86 bits per heavy atom. The molecule has 2 aromatic rings. The number of thioether (sulfide) groups is 2. The van der Waals surface area contributed by atoms with Crippen molar-refractivity contribution in [2.75, 3.05) is 11.5 Å². The minimum Gasteiger partial charge on any atom is -0.477 e. The number of nitrogens with zero attached hydrogens (tertiary/aromatic N) is 3. The quantitative estimate of drug-likeness (QED) is 0.385. The van der Waals surface area contributed by atoms with Gasteiger partial charge in [-0.3, -0.25) is 19.3 Å². The summed E-state index contributed by atoms with van der Waals surface area (Å²) in [6.07, 6.45) is -0.0503. The zero-order valence-electron chi connectivity index (χ0n) is 14.5. The Labute approximate surface area is 179 Å². The van der Waals surface area contributed by atoms with Gasteiger partial charge in [-0.05, 0) is 5.57 Å². The molecular formula is C15H13N5O5S4. The van der Waals surface area contributed by atoms with Gasteiger partial charge < -0.3 is 15.4 Å². The molecule has 10 nitrogen and oxygen atoms in total. The van der Waals surface area contributed by atoms with E-state index < -0.39 is 29.2 Å². The minimum absolute atomic E-state index is 0.0246. The molecule has 0 bridgehead atoms. The van der Waals surface area contributed by atoms with Crippen LogP contribution in [0.3, 0.4) is 0 Å². The van der Waals surface area contributed by atoms with Crippen LogP contribution in [-0.4, -0.2) is 65.9 Å². The van der Waals surface area contributed by atoms with E-state index in [2.05, 4.69) is 20.5 Å². The standard InChI is InChI=1S/C15H13N5O5S4/c21-8(1-7-4-27-14(25)17-7)18-9-11(22)20-10(13(23)24)6(2-26-12(9)20)3-28-15-19-16-5-29-15/h4-5,9,12H,1-3H2,(H,17,25)(H,18,21)(H,23,24)/t9?,12-/m1/s1. The summed E-state index contributed by atoms with van der Waals surface area (Å²) in [5, 5.41) is 21.1. The lowest BCUT2D eigenvalue weighted by atomic mass is 10.0. The summed E-state index contributed by atoms with van der Waals surface area (Å²) in [6, 6.07) is -0.787. The second-order valence-corrected chi connectivity index (χ2v) is 10.1. The molecule has 0 spiro atoms. The summed E-state index contributed by atoms with van der Waals surface area (Å²) >= 11 is 5.10. The predicted molar refractivity (Wildman–Crippen MR) is 109 cm³/mol. The van der Waals surface area contributed by atoms with Crippen LogP contribution in [-0.2, 0) is 20.8 Å². The maximum atomic E-state index is 12.6. The molecule has 2 amide bonds. The molecule has 4 rings (SSSR count). The van der Waals surface area contributed by atoms with Gasteiger partial charge in [-0.2, -0.15) is 0 Å². The maximum Gasteiger partial charge on any atom is 0.352 e. The van der Waals surface area contributed by atoms with Crippen molar-refractivity contribution in [1.29, 1.82) is 0 Å². The van der Waals surface area contributed by atoms with Gasteiger partial charge >= 0.3 is 10.8 Å². The zero-order chi connectivity index (χ0) is 20.5. The number of aromatic nitrogens is 3. The van der Waals surface area contributed by atoms with Gasteiger partial charge in [0.2, 0.25) is 5.91 Å². The van der Waals surface area contributed by atoms with Crippen molar-refractivity contribution in [1.82, 2.24) is 25.4 Å². The van der Waals surface area contributed by atoms with Crippen LogP contribution < -0.4 is 10.2 Å². The highest BCUT2D eigenvalue weighted by atomic mass is 32.2. The van der Waals surface area contributed by atoms with Crippen molar-refractivity contribution in [3.63, 3.8) is 0 Å². The molecule has 0 saturated carbocycles. The molecule has 1 saturated heterocycles. The first kappa shape index (κ1) is 20.1. The number of β-lactam (4-membered cyclic amide) rings is 1. The van der Waals surface area contributed by atoms with Gasteiger partial charge in [0.05, 0.1) is 6.42 Å². The fraction of sp³-hybridized carbons (Fsp3) is 0.333. The first-order valence-corrected chi connectivity index (χ1v) is 12.0. The van der Waals surface area contributed by atoms with Gasteiger partial charge in [0.15, 0.2) is 4.34 Å². The first-order valence-electron chi connectivity index (χ1n) is 8.19. The van der Waals surface area contributed by atoms with Crippen molar-refractivity contribution in [2.45, 2.75) is 22.2 Å². The highest BCUT2D eigenvalue weighted by Crippen LogP contribution is 2.41. The molecule has 0 aliphatic carbocycles. The van der Waals surface area contributed by atoms with Crippen LogP contribution in [0.2, 0.25) is 0 Å². The Kier molecular flexibility index (Phi) is 5.76. The van der Waals surface area contributed by atoms with Gasteiger partial charge in [0.1, 0.15) is 22.6 Å². The lowest BCUT2D eigenvalue weighted by molar-refractivity contribution is -0.150. The summed E-state index contributed by atoms with van der Waals surface area (Å²) < 4.78 is 0.723. The van der Waals surface area contributed by atoms with Crippen molar-refractivity contribution >= 4 is 64.0 Å². The van der Waals surface area contributed by atoms with Crippen molar-refractivity contribution in [3.05, 3.63) is 37.5 Å². The summed E-state index contributed by atoms with van der Waals surface area (Å²) in [5.41, 5.74) is 2.68. The number of nitrogens with one attached hydrogen (secondary N) is 2. The Balaban J connectivity index is 1.44. The molecule has 152 valence electrons. The van der Waals surface area contributed by atoms with Crippen LogP contribution in [0.15, 0.2) is 31.3 Å². The van der Waals surface area contributed by atoms with Gasteiger partial charge in [0, 0.05) is 22.6 Å². The summed E-state index contributed by atoms with van der Waals surface area (Å²) in [4.78, 5) is 51.3. The molecule has 0 radical (unpaired) electrons. The van der Waals surface area contributed by atoms with E-state index in [1.54, 1.807) is 10.9 Å². The number of fused-ring (bicyclic) bond motifs is 1. The molecule has 1 unspecified atom stereocenters.